The molecule has 0 saturated carbocycles. The van der Waals surface area contributed by atoms with Gasteiger partial charge in [0.05, 0.1) is 0 Å². The molecule has 242 valence electrons. The van der Waals surface area contributed by atoms with Crippen molar-refractivity contribution in [1.29, 1.82) is 0 Å². The average Bonchev–Trinajstić information content (AvgIpc) is 3.22. The van der Waals surface area contributed by atoms with Gasteiger partial charge in [-0.1, -0.05) is 200 Å². The molecule has 0 heteroatoms. The van der Waals surface area contributed by atoms with E-state index in [1.54, 1.807) is 0 Å². The second-order valence-electron chi connectivity index (χ2n) is 13.6. The lowest BCUT2D eigenvalue weighted by atomic mass is 9.83. The van der Waals surface area contributed by atoms with Gasteiger partial charge in [-0.05, 0) is 104 Å². The Kier molecular flexibility index (Phi) is 7.25. The van der Waals surface area contributed by atoms with Gasteiger partial charge in [0, 0.05) is 0 Å². The summed E-state index contributed by atoms with van der Waals surface area (Å²) in [4.78, 5) is 0. The van der Waals surface area contributed by atoms with Crippen LogP contribution in [0, 0.1) is 0 Å². The molecule has 0 aliphatic rings. The monoisotopic (exact) mass is 658 g/mol. The lowest BCUT2D eigenvalue weighted by Crippen LogP contribution is -1.92. The predicted molar refractivity (Wildman–Crippen MR) is 226 cm³/mol. The summed E-state index contributed by atoms with van der Waals surface area (Å²) in [5.41, 5.74) is 9.95. The molecule has 0 aromatic heterocycles. The first kappa shape index (κ1) is 30.1. The Morgan fingerprint density at radius 3 is 1.44 bits per heavy atom. The van der Waals surface area contributed by atoms with E-state index in [4.69, 9.17) is 0 Å². The molecule has 10 rings (SSSR count). The van der Waals surface area contributed by atoms with Gasteiger partial charge in [0.25, 0.3) is 0 Å². The largest absolute Gasteiger partial charge is 0.0616 e. The fraction of sp³-hybridized carbons (Fsp3) is 0. The standard InChI is InChI=1S/C52H34/c1-2-14-40-34-41(31-30-36(40)12-1)37-27-24-35(25-28-37)26-29-39-32-33-50(44-18-6-5-16-42(39)44)52-48-21-9-7-19-46(48)51(47-20-8-10-22-49(47)52)45-23-11-15-38-13-3-4-17-43(38)45/h1-34H/b29-26+. The molecule has 0 atom stereocenters. The van der Waals surface area contributed by atoms with Crippen molar-refractivity contribution in [2.45, 2.75) is 0 Å². The minimum Gasteiger partial charge on any atom is -0.0616 e. The molecule has 52 heavy (non-hydrogen) atoms. The fourth-order valence-electron chi connectivity index (χ4n) is 8.18. The highest BCUT2D eigenvalue weighted by Gasteiger charge is 2.19. The van der Waals surface area contributed by atoms with Crippen LogP contribution in [0.5, 0.6) is 0 Å². The van der Waals surface area contributed by atoms with E-state index in [0.29, 0.717) is 0 Å². The molecular formula is C52H34. The molecule has 0 aliphatic heterocycles. The summed E-state index contributed by atoms with van der Waals surface area (Å²) in [5, 5.41) is 12.6. The first-order valence-electron chi connectivity index (χ1n) is 18.0. The summed E-state index contributed by atoms with van der Waals surface area (Å²) in [6, 6.07) is 70.9. The van der Waals surface area contributed by atoms with E-state index in [1.165, 1.54) is 98.4 Å². The average molecular weight is 659 g/mol. The molecule has 10 aromatic rings. The maximum Gasteiger partial charge on any atom is -0.00201 e. The Labute approximate surface area is 303 Å². The Morgan fingerprint density at radius 2 is 0.769 bits per heavy atom. The lowest BCUT2D eigenvalue weighted by molar-refractivity contribution is 1.62. The van der Waals surface area contributed by atoms with Crippen molar-refractivity contribution in [3.63, 3.8) is 0 Å². The number of benzene rings is 10. The van der Waals surface area contributed by atoms with Crippen LogP contribution in [-0.4, -0.2) is 0 Å². The fourth-order valence-corrected chi connectivity index (χ4v) is 8.18. The molecule has 0 spiro atoms. The molecule has 0 fully saturated rings. The Morgan fingerprint density at radius 1 is 0.269 bits per heavy atom. The molecule has 0 heterocycles. The Bertz CT molecular complexity index is 2930. The summed E-state index contributed by atoms with van der Waals surface area (Å²) in [6.45, 7) is 0. The zero-order chi connectivity index (χ0) is 34.4. The van der Waals surface area contributed by atoms with Gasteiger partial charge in [-0.15, -0.1) is 0 Å². The summed E-state index contributed by atoms with van der Waals surface area (Å²) >= 11 is 0. The molecule has 0 saturated heterocycles. The zero-order valence-electron chi connectivity index (χ0n) is 28.6. The minimum absolute atomic E-state index is 1.18. The maximum absolute atomic E-state index is 2.33. The third-order valence-electron chi connectivity index (χ3n) is 10.7. The second kappa shape index (κ2) is 12.5. The second-order valence-corrected chi connectivity index (χ2v) is 13.6. The quantitative estimate of drug-likeness (QED) is 0.128. The highest BCUT2D eigenvalue weighted by molar-refractivity contribution is 6.25. The maximum atomic E-state index is 2.33. The van der Waals surface area contributed by atoms with E-state index >= 15 is 0 Å². The number of hydrogen-bond donors (Lipinski definition) is 0. The number of rotatable bonds is 5. The SMILES string of the molecule is C(=C\c1ccc(-c2c3ccccc3c(-c3cccc4ccccc34)c3ccccc23)c2ccccc12)/c1ccc(-c2ccc3ccccc3c2)cc1. The first-order valence-corrected chi connectivity index (χ1v) is 18.0. The highest BCUT2D eigenvalue weighted by Crippen LogP contribution is 2.46. The number of fused-ring (bicyclic) bond motifs is 5. The third kappa shape index (κ3) is 5.08. The molecule has 0 unspecified atom stereocenters. The van der Waals surface area contributed by atoms with Crippen LogP contribution in [0.1, 0.15) is 11.1 Å². The van der Waals surface area contributed by atoms with Gasteiger partial charge in [-0.3, -0.25) is 0 Å². The normalized spacial score (nSPS) is 11.8. The van der Waals surface area contributed by atoms with Gasteiger partial charge < -0.3 is 0 Å². The molecule has 0 nitrogen and oxygen atoms in total. The van der Waals surface area contributed by atoms with E-state index < -0.39 is 0 Å². The van der Waals surface area contributed by atoms with E-state index in [1.807, 2.05) is 0 Å². The topological polar surface area (TPSA) is 0 Å². The number of hydrogen-bond acceptors (Lipinski definition) is 0. The molecule has 0 radical (unpaired) electrons. The molecule has 0 N–H and O–H groups in total. The van der Waals surface area contributed by atoms with Crippen LogP contribution in [0.4, 0.5) is 0 Å². The van der Waals surface area contributed by atoms with Gasteiger partial charge in [-0.25, -0.2) is 0 Å². The van der Waals surface area contributed by atoms with Crippen molar-refractivity contribution < 1.29 is 0 Å². The van der Waals surface area contributed by atoms with Crippen LogP contribution in [-0.2, 0) is 0 Å². The zero-order valence-corrected chi connectivity index (χ0v) is 28.6. The molecule has 0 bridgehead atoms. The van der Waals surface area contributed by atoms with Crippen LogP contribution in [0.15, 0.2) is 194 Å². The van der Waals surface area contributed by atoms with Gasteiger partial charge in [0.1, 0.15) is 0 Å². The van der Waals surface area contributed by atoms with Gasteiger partial charge in [-0.2, -0.15) is 0 Å². The third-order valence-corrected chi connectivity index (χ3v) is 10.7. The van der Waals surface area contributed by atoms with E-state index in [0.717, 1.165) is 0 Å². The minimum atomic E-state index is 1.18. The summed E-state index contributed by atoms with van der Waals surface area (Å²) in [6.07, 6.45) is 4.49. The van der Waals surface area contributed by atoms with Crippen LogP contribution < -0.4 is 0 Å². The van der Waals surface area contributed by atoms with Crippen molar-refractivity contribution >= 4 is 66.0 Å². The molecule has 10 aromatic carbocycles. The van der Waals surface area contributed by atoms with Crippen molar-refractivity contribution in [1.82, 2.24) is 0 Å². The van der Waals surface area contributed by atoms with Crippen LogP contribution in [0.3, 0.4) is 0 Å². The lowest BCUT2D eigenvalue weighted by Gasteiger charge is -2.20. The van der Waals surface area contributed by atoms with Gasteiger partial charge in [0.15, 0.2) is 0 Å². The summed E-state index contributed by atoms with van der Waals surface area (Å²) < 4.78 is 0. The van der Waals surface area contributed by atoms with Crippen LogP contribution in [0.25, 0.3) is 99.4 Å². The Hall–Kier alpha value is -6.76. The van der Waals surface area contributed by atoms with Crippen LogP contribution >= 0.6 is 0 Å². The van der Waals surface area contributed by atoms with E-state index in [-0.39, 0.29) is 0 Å². The van der Waals surface area contributed by atoms with Crippen LogP contribution in [0.2, 0.25) is 0 Å². The van der Waals surface area contributed by atoms with Crippen molar-refractivity contribution in [2.75, 3.05) is 0 Å². The van der Waals surface area contributed by atoms with E-state index in [2.05, 4.69) is 206 Å². The first-order chi connectivity index (χ1) is 25.8. The molecule has 0 aliphatic carbocycles. The predicted octanol–water partition coefficient (Wildman–Crippen LogP) is 14.6. The molecular weight excluding hydrogens is 625 g/mol. The Balaban J connectivity index is 1.09. The van der Waals surface area contributed by atoms with Gasteiger partial charge in [0.2, 0.25) is 0 Å². The van der Waals surface area contributed by atoms with E-state index in [9.17, 15) is 0 Å². The van der Waals surface area contributed by atoms with Crippen molar-refractivity contribution in [3.05, 3.63) is 205 Å². The smallest absolute Gasteiger partial charge is 0.00201 e. The van der Waals surface area contributed by atoms with Crippen molar-refractivity contribution in [3.8, 4) is 33.4 Å². The van der Waals surface area contributed by atoms with Crippen molar-refractivity contribution in [2.24, 2.45) is 0 Å². The summed E-state index contributed by atoms with van der Waals surface area (Å²) in [7, 11) is 0. The highest BCUT2D eigenvalue weighted by atomic mass is 14.2. The molecule has 0 amide bonds. The van der Waals surface area contributed by atoms with Gasteiger partial charge >= 0.3 is 0 Å². The summed E-state index contributed by atoms with van der Waals surface area (Å²) in [5.74, 6) is 0.